The van der Waals surface area contributed by atoms with Crippen molar-refractivity contribution in [3.8, 4) is 0 Å². The molecule has 4 rings (SSSR count). The number of fused-ring (bicyclic) bond motifs is 2. The first-order valence-corrected chi connectivity index (χ1v) is 10.8. The van der Waals surface area contributed by atoms with Crippen LogP contribution in [0.1, 0.15) is 35.9 Å². The summed E-state index contributed by atoms with van der Waals surface area (Å²) in [6.45, 7) is 4.39. The molecule has 6 nitrogen and oxygen atoms in total. The largest absolute Gasteiger partial charge is 0.334 e. The van der Waals surface area contributed by atoms with Crippen LogP contribution in [0.3, 0.4) is 0 Å². The molecule has 0 saturated heterocycles. The van der Waals surface area contributed by atoms with Crippen molar-refractivity contribution in [3.63, 3.8) is 0 Å². The molecule has 26 heavy (non-hydrogen) atoms. The first-order valence-electron chi connectivity index (χ1n) is 8.45. The lowest BCUT2D eigenvalue weighted by atomic mass is 10.0. The molecular weight excluding hydrogens is 370 g/mol. The second-order valence-electron chi connectivity index (χ2n) is 6.51. The van der Waals surface area contributed by atoms with Gasteiger partial charge in [0.05, 0.1) is 10.9 Å². The van der Waals surface area contributed by atoms with Crippen LogP contribution in [0.5, 0.6) is 0 Å². The average molecular weight is 390 g/mol. The van der Waals surface area contributed by atoms with E-state index in [1.807, 2.05) is 11.8 Å². The van der Waals surface area contributed by atoms with Crippen LogP contribution in [0.2, 0.25) is 0 Å². The van der Waals surface area contributed by atoms with E-state index in [4.69, 9.17) is 0 Å². The summed E-state index contributed by atoms with van der Waals surface area (Å²) < 4.78 is 26.8. The first kappa shape index (κ1) is 17.2. The summed E-state index contributed by atoms with van der Waals surface area (Å²) in [4.78, 5) is 20.7. The summed E-state index contributed by atoms with van der Waals surface area (Å²) in [6.07, 6.45) is 0.849. The number of amidine groups is 1. The molecule has 2 atom stereocenters. The maximum Gasteiger partial charge on any atom is 0.263 e. The quantitative estimate of drug-likeness (QED) is 0.856. The highest BCUT2D eigenvalue weighted by molar-refractivity contribution is 7.90. The van der Waals surface area contributed by atoms with E-state index in [1.54, 1.807) is 36.5 Å². The molecule has 2 aliphatic rings. The maximum atomic E-state index is 12.9. The van der Waals surface area contributed by atoms with Crippen molar-refractivity contribution < 1.29 is 13.2 Å². The maximum absolute atomic E-state index is 12.9. The lowest BCUT2D eigenvalue weighted by Gasteiger charge is -2.34. The highest BCUT2D eigenvalue weighted by Gasteiger charge is 2.34. The summed E-state index contributed by atoms with van der Waals surface area (Å²) in [5.41, 5.74) is 1.71. The number of hydrogen-bond donors (Lipinski definition) is 1. The minimum absolute atomic E-state index is 0.00714. The normalized spacial score (nSPS) is 23.2. The van der Waals surface area contributed by atoms with Gasteiger partial charge in [-0.3, -0.25) is 14.5 Å². The second-order valence-corrected chi connectivity index (χ2v) is 9.16. The molecule has 1 aromatic heterocycles. The summed E-state index contributed by atoms with van der Waals surface area (Å²) in [6, 6.07) is 8.08. The Labute approximate surface area is 156 Å². The number of carbonyl (C=O) groups excluding carboxylic acids is 1. The summed E-state index contributed by atoms with van der Waals surface area (Å²) in [5.74, 6) is 0.146. The smallest absolute Gasteiger partial charge is 0.263 e. The molecular formula is C18H19N3O3S2. The standard InChI is InChI=1S/C18H19N3O3S2/c1-11(18(22)21-9-7-15-13(12(21)2)8-10-25-15)19-17-14-5-3-4-6-16(14)26(23,24)20-17/h3-6,8,10-12H,7,9H2,1-2H3,(H,19,20)/t11-,12?/m0/s1. The van der Waals surface area contributed by atoms with E-state index >= 15 is 0 Å². The molecule has 3 heterocycles. The third kappa shape index (κ3) is 2.73. The Hall–Kier alpha value is -2.19. The van der Waals surface area contributed by atoms with Gasteiger partial charge in [0.2, 0.25) is 5.91 Å². The zero-order valence-corrected chi connectivity index (χ0v) is 16.1. The molecule has 0 saturated carbocycles. The Kier molecular flexibility index (Phi) is 4.11. The Bertz CT molecular complexity index is 1010. The van der Waals surface area contributed by atoms with Gasteiger partial charge in [0.25, 0.3) is 10.0 Å². The fourth-order valence-electron chi connectivity index (χ4n) is 3.53. The Morgan fingerprint density at radius 3 is 2.92 bits per heavy atom. The molecule has 2 aromatic rings. The van der Waals surface area contributed by atoms with Crippen molar-refractivity contribution in [2.45, 2.75) is 37.2 Å². The number of nitrogens with one attached hydrogen (secondary N) is 1. The lowest BCUT2D eigenvalue weighted by molar-refractivity contribution is -0.134. The fraction of sp³-hybridized carbons (Fsp3) is 0.333. The lowest BCUT2D eigenvalue weighted by Crippen LogP contribution is -2.43. The van der Waals surface area contributed by atoms with Crippen LogP contribution < -0.4 is 4.72 Å². The molecule has 136 valence electrons. The number of hydrogen-bond acceptors (Lipinski definition) is 5. The Balaban J connectivity index is 1.60. The zero-order chi connectivity index (χ0) is 18.5. The third-order valence-corrected chi connectivity index (χ3v) is 7.30. The number of aliphatic imine (C=N–C) groups is 1. The number of nitrogens with zero attached hydrogens (tertiary/aromatic N) is 2. The summed E-state index contributed by atoms with van der Waals surface area (Å²) in [5, 5.41) is 2.06. The second kappa shape index (κ2) is 6.21. The highest BCUT2D eigenvalue weighted by atomic mass is 32.2. The molecule has 1 aromatic carbocycles. The topological polar surface area (TPSA) is 78.8 Å². The number of benzene rings is 1. The van der Waals surface area contributed by atoms with Crippen LogP contribution in [0.15, 0.2) is 45.6 Å². The van der Waals surface area contributed by atoms with Gasteiger partial charge in [-0.15, -0.1) is 11.3 Å². The molecule has 0 fully saturated rings. The van der Waals surface area contributed by atoms with Crippen molar-refractivity contribution in [1.82, 2.24) is 9.62 Å². The predicted molar refractivity (Wildman–Crippen MR) is 101 cm³/mol. The molecule has 0 aliphatic carbocycles. The predicted octanol–water partition coefficient (Wildman–Crippen LogP) is 2.32. The van der Waals surface area contributed by atoms with E-state index in [1.165, 1.54) is 16.5 Å². The number of rotatable bonds is 2. The van der Waals surface area contributed by atoms with Gasteiger partial charge in [-0.25, -0.2) is 8.42 Å². The fourth-order valence-corrected chi connectivity index (χ4v) is 5.73. The van der Waals surface area contributed by atoms with Gasteiger partial charge in [-0.05, 0) is 49.4 Å². The van der Waals surface area contributed by atoms with Crippen molar-refractivity contribution in [1.29, 1.82) is 0 Å². The molecule has 1 amide bonds. The van der Waals surface area contributed by atoms with Gasteiger partial charge in [0.1, 0.15) is 11.9 Å². The molecule has 2 aliphatic heterocycles. The molecule has 0 bridgehead atoms. The Morgan fingerprint density at radius 2 is 2.12 bits per heavy atom. The zero-order valence-electron chi connectivity index (χ0n) is 14.5. The number of carbonyl (C=O) groups is 1. The van der Waals surface area contributed by atoms with Crippen molar-refractivity contribution in [2.24, 2.45) is 4.99 Å². The van der Waals surface area contributed by atoms with Gasteiger partial charge >= 0.3 is 0 Å². The minimum Gasteiger partial charge on any atom is -0.334 e. The van der Waals surface area contributed by atoms with Gasteiger partial charge in [0, 0.05) is 17.0 Å². The van der Waals surface area contributed by atoms with Crippen molar-refractivity contribution in [2.75, 3.05) is 6.54 Å². The number of thiophene rings is 1. The van der Waals surface area contributed by atoms with Crippen LogP contribution in [-0.2, 0) is 21.2 Å². The Morgan fingerprint density at radius 1 is 1.35 bits per heavy atom. The van der Waals surface area contributed by atoms with Crippen LogP contribution in [-0.4, -0.2) is 37.6 Å². The van der Waals surface area contributed by atoms with Crippen LogP contribution in [0.4, 0.5) is 0 Å². The van der Waals surface area contributed by atoms with Gasteiger partial charge in [0.15, 0.2) is 0 Å². The van der Waals surface area contributed by atoms with E-state index in [9.17, 15) is 13.2 Å². The third-order valence-electron chi connectivity index (χ3n) is 4.90. The number of sulfonamides is 1. The first-order chi connectivity index (χ1) is 12.4. The summed E-state index contributed by atoms with van der Waals surface area (Å²) in [7, 11) is -3.60. The van der Waals surface area contributed by atoms with Gasteiger partial charge in [-0.2, -0.15) is 0 Å². The average Bonchev–Trinajstić information content (AvgIpc) is 3.19. The van der Waals surface area contributed by atoms with Gasteiger partial charge in [-0.1, -0.05) is 12.1 Å². The molecule has 1 unspecified atom stereocenters. The van der Waals surface area contributed by atoms with Crippen LogP contribution >= 0.6 is 11.3 Å². The monoisotopic (exact) mass is 389 g/mol. The van der Waals surface area contributed by atoms with Gasteiger partial charge < -0.3 is 4.90 Å². The van der Waals surface area contributed by atoms with E-state index < -0.39 is 16.1 Å². The van der Waals surface area contributed by atoms with Crippen LogP contribution in [0, 0.1) is 0 Å². The molecule has 8 heteroatoms. The molecule has 1 N–H and O–H groups in total. The van der Waals surface area contributed by atoms with E-state index in [0.29, 0.717) is 12.1 Å². The van der Waals surface area contributed by atoms with E-state index in [2.05, 4.69) is 21.2 Å². The number of amides is 1. The van der Waals surface area contributed by atoms with E-state index in [-0.39, 0.29) is 22.7 Å². The van der Waals surface area contributed by atoms with Crippen molar-refractivity contribution in [3.05, 3.63) is 51.7 Å². The molecule has 0 spiro atoms. The van der Waals surface area contributed by atoms with E-state index in [0.717, 1.165) is 6.42 Å². The SMILES string of the molecule is CC1c2ccsc2CCN1C(=O)[C@H](C)N=C1NS(=O)(=O)c2ccccc21. The minimum atomic E-state index is -3.60. The van der Waals surface area contributed by atoms with Crippen molar-refractivity contribution >= 4 is 33.1 Å². The summed E-state index contributed by atoms with van der Waals surface area (Å²) >= 11 is 1.73. The van der Waals surface area contributed by atoms with Crippen LogP contribution in [0.25, 0.3) is 0 Å². The highest BCUT2D eigenvalue weighted by Crippen LogP contribution is 2.33. The molecule has 0 radical (unpaired) electrons.